The van der Waals surface area contributed by atoms with Crippen molar-refractivity contribution in [3.05, 3.63) is 0 Å². The summed E-state index contributed by atoms with van der Waals surface area (Å²) in [5, 5.41) is 11.9. The minimum absolute atomic E-state index is 0.0216. The van der Waals surface area contributed by atoms with Crippen LogP contribution in [0.5, 0.6) is 0 Å². The summed E-state index contributed by atoms with van der Waals surface area (Å²) in [7, 11) is 0. The molecule has 4 N–H and O–H groups in total. The zero-order chi connectivity index (χ0) is 12.0. The number of amides is 1. The Morgan fingerprint density at radius 1 is 1.47 bits per heavy atom. The van der Waals surface area contributed by atoms with Crippen LogP contribution in [0.15, 0.2) is 0 Å². The molecule has 0 saturated carbocycles. The Bertz CT molecular complexity index is 196. The van der Waals surface area contributed by atoms with Gasteiger partial charge in [0.25, 0.3) is 0 Å². The number of hydrogen-bond donors (Lipinski definition) is 3. The zero-order valence-electron chi connectivity index (χ0n) is 9.86. The van der Waals surface area contributed by atoms with Crippen LogP contribution in [0.25, 0.3) is 0 Å². The second-order valence-corrected chi connectivity index (χ2v) is 5.10. The van der Waals surface area contributed by atoms with Crippen molar-refractivity contribution in [3.63, 3.8) is 0 Å². The fourth-order valence-corrected chi connectivity index (χ4v) is 1.78. The number of aliphatic hydroxyl groups is 1. The van der Waals surface area contributed by atoms with Crippen molar-refractivity contribution in [2.75, 3.05) is 12.9 Å². The van der Waals surface area contributed by atoms with Crippen LogP contribution in [0.2, 0.25) is 0 Å². The molecule has 0 aliphatic rings. The number of hydrogen-bond acceptors (Lipinski definition) is 4. The minimum atomic E-state index is -0.478. The Morgan fingerprint density at radius 3 is 2.33 bits per heavy atom. The minimum Gasteiger partial charge on any atom is -0.395 e. The summed E-state index contributed by atoms with van der Waals surface area (Å²) >= 11 is 1.53. The summed E-state index contributed by atoms with van der Waals surface area (Å²) in [6.07, 6.45) is 1.91. The van der Waals surface area contributed by atoms with Crippen molar-refractivity contribution in [2.24, 2.45) is 11.7 Å². The Kier molecular flexibility index (Phi) is 6.96. The standard InChI is InChI=1S/C10H22N2O2S/c1-6(2)9(11)10(14)12-7(3)8(5-13)15-4/h6-9,13H,5,11H2,1-4H3,(H,12,14)/t7?,8?,9-/m0/s1. The number of nitrogens with one attached hydrogen (secondary N) is 1. The van der Waals surface area contributed by atoms with E-state index in [4.69, 9.17) is 10.8 Å². The van der Waals surface area contributed by atoms with Crippen molar-refractivity contribution in [2.45, 2.75) is 38.1 Å². The van der Waals surface area contributed by atoms with E-state index in [1.54, 1.807) is 0 Å². The molecule has 1 amide bonds. The Hall–Kier alpha value is -0.260. The number of thioether (sulfide) groups is 1. The summed E-state index contributed by atoms with van der Waals surface area (Å²) in [6, 6.07) is -0.545. The van der Waals surface area contributed by atoms with Gasteiger partial charge in [-0.05, 0) is 19.1 Å². The average molecular weight is 234 g/mol. The first-order chi connectivity index (χ1) is 6.93. The van der Waals surface area contributed by atoms with Crippen LogP contribution in [0.1, 0.15) is 20.8 Å². The van der Waals surface area contributed by atoms with Gasteiger partial charge in [0.05, 0.1) is 12.6 Å². The molecule has 0 spiro atoms. The molecule has 0 rings (SSSR count). The second kappa shape index (κ2) is 7.09. The van der Waals surface area contributed by atoms with E-state index in [9.17, 15) is 4.79 Å². The van der Waals surface area contributed by atoms with E-state index in [2.05, 4.69) is 5.32 Å². The maximum Gasteiger partial charge on any atom is 0.237 e. The van der Waals surface area contributed by atoms with Gasteiger partial charge in [-0.2, -0.15) is 11.8 Å². The molecule has 0 aromatic rings. The average Bonchev–Trinajstić information content (AvgIpc) is 2.18. The first kappa shape index (κ1) is 14.7. The van der Waals surface area contributed by atoms with E-state index in [-0.39, 0.29) is 29.7 Å². The number of carbonyl (C=O) groups excluding carboxylic acids is 1. The van der Waals surface area contributed by atoms with Crippen molar-refractivity contribution >= 4 is 17.7 Å². The molecule has 90 valence electrons. The molecule has 0 aliphatic carbocycles. The summed E-state index contributed by atoms with van der Waals surface area (Å²) < 4.78 is 0. The van der Waals surface area contributed by atoms with Gasteiger partial charge in [0.2, 0.25) is 5.91 Å². The highest BCUT2D eigenvalue weighted by Gasteiger charge is 2.22. The van der Waals surface area contributed by atoms with E-state index >= 15 is 0 Å². The summed E-state index contributed by atoms with van der Waals surface area (Å²) in [5.74, 6) is -0.0240. The molecule has 5 heteroatoms. The molecule has 0 saturated heterocycles. The molecule has 15 heavy (non-hydrogen) atoms. The third-order valence-electron chi connectivity index (χ3n) is 2.43. The van der Waals surface area contributed by atoms with Crippen LogP contribution in [0.3, 0.4) is 0 Å². The lowest BCUT2D eigenvalue weighted by molar-refractivity contribution is -0.123. The van der Waals surface area contributed by atoms with Crippen LogP contribution in [-0.2, 0) is 4.79 Å². The van der Waals surface area contributed by atoms with Gasteiger partial charge in [-0.1, -0.05) is 13.8 Å². The van der Waals surface area contributed by atoms with Crippen molar-refractivity contribution < 1.29 is 9.90 Å². The first-order valence-corrected chi connectivity index (χ1v) is 6.42. The van der Waals surface area contributed by atoms with E-state index < -0.39 is 6.04 Å². The third-order valence-corrected chi connectivity index (χ3v) is 3.59. The second-order valence-electron chi connectivity index (χ2n) is 4.02. The molecular formula is C10H22N2O2S. The fraction of sp³-hybridized carbons (Fsp3) is 0.900. The maximum atomic E-state index is 11.6. The number of aliphatic hydroxyl groups excluding tert-OH is 1. The molecule has 2 unspecified atom stereocenters. The monoisotopic (exact) mass is 234 g/mol. The van der Waals surface area contributed by atoms with Gasteiger partial charge >= 0.3 is 0 Å². The molecule has 3 atom stereocenters. The lowest BCUT2D eigenvalue weighted by Crippen LogP contribution is -2.50. The number of carbonyl (C=O) groups is 1. The largest absolute Gasteiger partial charge is 0.395 e. The fourth-order valence-electron chi connectivity index (χ4n) is 1.15. The highest BCUT2D eigenvalue weighted by atomic mass is 32.2. The van der Waals surface area contributed by atoms with Gasteiger partial charge in [0.15, 0.2) is 0 Å². The SMILES string of the molecule is CSC(CO)C(C)NC(=O)[C@@H](N)C(C)C. The van der Waals surface area contributed by atoms with E-state index in [1.165, 1.54) is 11.8 Å². The molecule has 0 bridgehead atoms. The van der Waals surface area contributed by atoms with Gasteiger partial charge in [-0.25, -0.2) is 0 Å². The maximum absolute atomic E-state index is 11.6. The third kappa shape index (κ3) is 4.86. The Morgan fingerprint density at radius 2 is 2.00 bits per heavy atom. The summed E-state index contributed by atoms with van der Waals surface area (Å²) in [6.45, 7) is 5.75. The highest BCUT2D eigenvalue weighted by Crippen LogP contribution is 2.10. The molecule has 0 heterocycles. The van der Waals surface area contributed by atoms with Crippen LogP contribution >= 0.6 is 11.8 Å². The molecule has 0 radical (unpaired) electrons. The number of nitrogens with two attached hydrogens (primary N) is 1. The van der Waals surface area contributed by atoms with Crippen molar-refractivity contribution in [3.8, 4) is 0 Å². The molecule has 0 fully saturated rings. The summed E-state index contributed by atoms with van der Waals surface area (Å²) in [5.41, 5.74) is 5.71. The van der Waals surface area contributed by atoms with Gasteiger partial charge in [0.1, 0.15) is 0 Å². The summed E-state index contributed by atoms with van der Waals surface area (Å²) in [4.78, 5) is 11.6. The molecular weight excluding hydrogens is 212 g/mol. The predicted octanol–water partition coefficient (Wildman–Crippen LogP) is 0.198. The number of rotatable bonds is 6. The highest BCUT2D eigenvalue weighted by molar-refractivity contribution is 7.99. The molecule has 0 aromatic heterocycles. The van der Waals surface area contributed by atoms with E-state index in [0.717, 1.165) is 0 Å². The van der Waals surface area contributed by atoms with Crippen LogP contribution in [0.4, 0.5) is 0 Å². The van der Waals surface area contributed by atoms with Gasteiger partial charge in [-0.3, -0.25) is 4.79 Å². The van der Waals surface area contributed by atoms with Gasteiger partial charge in [-0.15, -0.1) is 0 Å². The lowest BCUT2D eigenvalue weighted by atomic mass is 10.0. The topological polar surface area (TPSA) is 75.3 Å². The van der Waals surface area contributed by atoms with Crippen LogP contribution in [-0.4, -0.2) is 41.2 Å². The van der Waals surface area contributed by atoms with Crippen LogP contribution < -0.4 is 11.1 Å². The van der Waals surface area contributed by atoms with E-state index in [1.807, 2.05) is 27.0 Å². The van der Waals surface area contributed by atoms with Crippen LogP contribution in [0, 0.1) is 5.92 Å². The lowest BCUT2D eigenvalue weighted by Gasteiger charge is -2.24. The van der Waals surface area contributed by atoms with Gasteiger partial charge < -0.3 is 16.2 Å². The van der Waals surface area contributed by atoms with Crippen molar-refractivity contribution in [1.82, 2.24) is 5.32 Å². The normalized spacial score (nSPS) is 17.3. The van der Waals surface area contributed by atoms with Crippen molar-refractivity contribution in [1.29, 1.82) is 0 Å². The first-order valence-electron chi connectivity index (χ1n) is 5.13. The molecule has 4 nitrogen and oxygen atoms in total. The predicted molar refractivity (Wildman–Crippen MR) is 64.8 cm³/mol. The van der Waals surface area contributed by atoms with Gasteiger partial charge in [0, 0.05) is 11.3 Å². The Balaban J connectivity index is 4.16. The Labute approximate surface area is 96.0 Å². The van der Waals surface area contributed by atoms with E-state index in [0.29, 0.717) is 0 Å². The smallest absolute Gasteiger partial charge is 0.237 e. The quantitative estimate of drug-likeness (QED) is 0.613. The molecule has 0 aromatic carbocycles. The zero-order valence-corrected chi connectivity index (χ0v) is 10.7. The molecule has 0 aliphatic heterocycles.